The van der Waals surface area contributed by atoms with Crippen LogP contribution in [0.15, 0.2) is 42.2 Å². The predicted octanol–water partition coefficient (Wildman–Crippen LogP) is 3.07. The molecule has 0 spiro atoms. The lowest BCUT2D eigenvalue weighted by Crippen LogP contribution is -2.33. The zero-order valence-electron chi connectivity index (χ0n) is 12.2. The molecule has 0 aliphatic heterocycles. The maximum atomic E-state index is 4.30. The number of nitrogens with one attached hydrogen (secondary N) is 2. The summed E-state index contributed by atoms with van der Waals surface area (Å²) in [4.78, 5) is 1.22. The first kappa shape index (κ1) is 14.0. The monoisotopic (exact) mass is 301 g/mol. The van der Waals surface area contributed by atoms with E-state index in [2.05, 4.69) is 52.0 Å². The first-order valence-electron chi connectivity index (χ1n) is 7.04. The van der Waals surface area contributed by atoms with E-state index in [0.29, 0.717) is 12.1 Å². The lowest BCUT2D eigenvalue weighted by molar-refractivity contribution is 0.365. The van der Waals surface area contributed by atoms with Crippen molar-refractivity contribution in [2.75, 3.05) is 0 Å². The quantitative estimate of drug-likeness (QED) is 0.735. The summed E-state index contributed by atoms with van der Waals surface area (Å²) in [6, 6.07) is 6.74. The summed E-state index contributed by atoms with van der Waals surface area (Å²) in [5, 5.41) is 17.2. The number of thiophene rings is 1. The third-order valence-electron chi connectivity index (χ3n) is 3.77. The Labute approximate surface area is 128 Å². The lowest BCUT2D eigenvalue weighted by Gasteiger charge is -2.21. The van der Waals surface area contributed by atoms with Gasteiger partial charge in [0.1, 0.15) is 0 Å². The maximum Gasteiger partial charge on any atom is 0.0794 e. The van der Waals surface area contributed by atoms with Gasteiger partial charge in [0.25, 0.3) is 0 Å². The van der Waals surface area contributed by atoms with Crippen LogP contribution < -0.4 is 5.32 Å². The average molecular weight is 301 g/mol. The molecule has 6 heteroatoms. The van der Waals surface area contributed by atoms with Crippen LogP contribution in [0.2, 0.25) is 0 Å². The largest absolute Gasteiger partial charge is 0.308 e. The average Bonchev–Trinajstić information content (AvgIpc) is 3.25. The number of aromatic nitrogens is 4. The van der Waals surface area contributed by atoms with E-state index >= 15 is 0 Å². The topological polar surface area (TPSA) is 58.5 Å². The van der Waals surface area contributed by atoms with Gasteiger partial charge in [0, 0.05) is 30.5 Å². The van der Waals surface area contributed by atoms with E-state index in [1.807, 2.05) is 29.3 Å². The Morgan fingerprint density at radius 1 is 1.38 bits per heavy atom. The van der Waals surface area contributed by atoms with Crippen LogP contribution in [0.25, 0.3) is 10.6 Å². The van der Waals surface area contributed by atoms with Gasteiger partial charge in [-0.25, -0.2) is 0 Å². The van der Waals surface area contributed by atoms with Crippen LogP contribution in [0.4, 0.5) is 0 Å². The van der Waals surface area contributed by atoms with Gasteiger partial charge < -0.3 is 5.32 Å². The molecule has 3 heterocycles. The second-order valence-corrected chi connectivity index (χ2v) is 6.09. The van der Waals surface area contributed by atoms with Crippen molar-refractivity contribution < 1.29 is 0 Å². The molecule has 110 valence electrons. The number of aromatic amines is 1. The van der Waals surface area contributed by atoms with Gasteiger partial charge in [-0.2, -0.15) is 10.2 Å². The Hall–Kier alpha value is -1.92. The highest BCUT2D eigenvalue weighted by Crippen LogP contribution is 2.25. The summed E-state index contributed by atoms with van der Waals surface area (Å²) in [5.74, 6) is 0. The molecule has 0 bridgehead atoms. The van der Waals surface area contributed by atoms with Crippen molar-refractivity contribution in [3.8, 4) is 10.6 Å². The van der Waals surface area contributed by atoms with Crippen molar-refractivity contribution in [3.63, 3.8) is 0 Å². The van der Waals surface area contributed by atoms with Crippen molar-refractivity contribution >= 4 is 11.3 Å². The van der Waals surface area contributed by atoms with Gasteiger partial charge in [-0.15, -0.1) is 11.3 Å². The molecule has 5 nitrogen and oxygen atoms in total. The molecule has 0 saturated carbocycles. The Kier molecular flexibility index (Phi) is 4.17. The third kappa shape index (κ3) is 3.06. The number of H-pyrrole nitrogens is 1. The zero-order chi connectivity index (χ0) is 14.7. The minimum Gasteiger partial charge on any atom is -0.308 e. The molecule has 0 unspecified atom stereocenters. The number of nitrogens with zero attached hydrogens (tertiary/aromatic N) is 3. The van der Waals surface area contributed by atoms with Gasteiger partial charge in [-0.05, 0) is 31.4 Å². The molecule has 0 fully saturated rings. The lowest BCUT2D eigenvalue weighted by atomic mass is 10.1. The van der Waals surface area contributed by atoms with Gasteiger partial charge in [-0.1, -0.05) is 6.07 Å². The second-order valence-electron chi connectivity index (χ2n) is 5.14. The summed E-state index contributed by atoms with van der Waals surface area (Å²) in [7, 11) is 0. The molecule has 0 aromatic carbocycles. The van der Waals surface area contributed by atoms with Crippen molar-refractivity contribution in [3.05, 3.63) is 47.7 Å². The number of hydrogen-bond donors (Lipinski definition) is 2. The van der Waals surface area contributed by atoms with Crippen LogP contribution in [0.1, 0.15) is 25.5 Å². The van der Waals surface area contributed by atoms with E-state index in [1.165, 1.54) is 10.4 Å². The van der Waals surface area contributed by atoms with Crippen LogP contribution in [0.5, 0.6) is 0 Å². The van der Waals surface area contributed by atoms with E-state index < -0.39 is 0 Å². The molecule has 3 aromatic rings. The molecular formula is C15H19N5S. The first-order chi connectivity index (χ1) is 10.3. The molecule has 0 amide bonds. The summed E-state index contributed by atoms with van der Waals surface area (Å²) in [6.45, 7) is 5.13. The Morgan fingerprint density at radius 3 is 3.00 bits per heavy atom. The van der Waals surface area contributed by atoms with E-state index in [4.69, 9.17) is 0 Å². The summed E-state index contributed by atoms with van der Waals surface area (Å²) >= 11 is 1.72. The van der Waals surface area contributed by atoms with Crippen LogP contribution in [-0.2, 0) is 6.54 Å². The van der Waals surface area contributed by atoms with E-state index in [0.717, 1.165) is 12.2 Å². The van der Waals surface area contributed by atoms with Gasteiger partial charge in [-0.3, -0.25) is 9.78 Å². The molecule has 0 aliphatic carbocycles. The minimum atomic E-state index is 0.303. The maximum absolute atomic E-state index is 4.30. The van der Waals surface area contributed by atoms with Crippen molar-refractivity contribution in [2.45, 2.75) is 32.5 Å². The molecule has 2 atom stereocenters. The number of rotatable bonds is 6. The Morgan fingerprint density at radius 2 is 2.29 bits per heavy atom. The zero-order valence-corrected chi connectivity index (χ0v) is 13.0. The van der Waals surface area contributed by atoms with Gasteiger partial charge >= 0.3 is 0 Å². The first-order valence-corrected chi connectivity index (χ1v) is 7.92. The van der Waals surface area contributed by atoms with Gasteiger partial charge in [0.15, 0.2) is 0 Å². The summed E-state index contributed by atoms with van der Waals surface area (Å²) in [5.41, 5.74) is 2.30. The highest BCUT2D eigenvalue weighted by Gasteiger charge is 2.15. The Bertz CT molecular complexity index is 656. The molecule has 21 heavy (non-hydrogen) atoms. The summed E-state index contributed by atoms with van der Waals surface area (Å²) < 4.78 is 1.98. The second kappa shape index (κ2) is 6.24. The molecule has 0 aliphatic rings. The highest BCUT2D eigenvalue weighted by molar-refractivity contribution is 7.13. The standard InChI is InChI=1S/C15H19N5S/c1-11(12(2)20-7-4-6-18-20)16-9-13-10-17-19-15(13)14-5-3-8-21-14/h3-8,10-12,16H,9H2,1-2H3,(H,17,19)/t11-,12+/m0/s1. The molecular weight excluding hydrogens is 282 g/mol. The fraction of sp³-hybridized carbons (Fsp3) is 0.333. The number of hydrogen-bond acceptors (Lipinski definition) is 4. The van der Waals surface area contributed by atoms with Crippen LogP contribution in [-0.4, -0.2) is 26.0 Å². The smallest absolute Gasteiger partial charge is 0.0794 e. The minimum absolute atomic E-state index is 0.303. The van der Waals surface area contributed by atoms with E-state index in [9.17, 15) is 0 Å². The molecule has 3 aromatic heterocycles. The van der Waals surface area contributed by atoms with Crippen LogP contribution in [0.3, 0.4) is 0 Å². The molecule has 0 radical (unpaired) electrons. The third-order valence-corrected chi connectivity index (χ3v) is 4.65. The normalized spacial score (nSPS) is 14.2. The predicted molar refractivity (Wildman–Crippen MR) is 85.1 cm³/mol. The highest BCUT2D eigenvalue weighted by atomic mass is 32.1. The van der Waals surface area contributed by atoms with Crippen molar-refractivity contribution in [1.29, 1.82) is 0 Å². The van der Waals surface area contributed by atoms with Crippen molar-refractivity contribution in [2.24, 2.45) is 0 Å². The SMILES string of the molecule is C[C@H](NCc1cn[nH]c1-c1cccs1)[C@@H](C)n1cccn1. The summed E-state index contributed by atoms with van der Waals surface area (Å²) in [6.07, 6.45) is 5.71. The van der Waals surface area contributed by atoms with E-state index in [-0.39, 0.29) is 0 Å². The van der Waals surface area contributed by atoms with E-state index in [1.54, 1.807) is 11.3 Å². The molecule has 3 rings (SSSR count). The molecule has 2 N–H and O–H groups in total. The van der Waals surface area contributed by atoms with Crippen molar-refractivity contribution in [1.82, 2.24) is 25.3 Å². The fourth-order valence-electron chi connectivity index (χ4n) is 2.27. The van der Waals surface area contributed by atoms with Crippen LogP contribution in [0, 0.1) is 0 Å². The van der Waals surface area contributed by atoms with Gasteiger partial charge in [0.05, 0.1) is 22.8 Å². The van der Waals surface area contributed by atoms with Gasteiger partial charge in [0.2, 0.25) is 0 Å². The molecule has 0 saturated heterocycles. The Balaban J connectivity index is 1.64. The van der Waals surface area contributed by atoms with Crippen LogP contribution >= 0.6 is 11.3 Å². The fourth-order valence-corrected chi connectivity index (χ4v) is 3.03.